The minimum Gasteiger partial charge on any atom is -0.480 e. The first-order chi connectivity index (χ1) is 12.7. The summed E-state index contributed by atoms with van der Waals surface area (Å²) in [4.78, 5) is 53.2. The maximum atomic E-state index is 12.3. The van der Waals surface area contributed by atoms with Crippen molar-refractivity contribution in [2.75, 3.05) is 13.1 Å². The molecule has 3 amide bonds. The number of aliphatic carboxylic acids is 1. The van der Waals surface area contributed by atoms with Gasteiger partial charge in [0, 0.05) is 18.3 Å². The zero-order chi connectivity index (χ0) is 20.4. The van der Waals surface area contributed by atoms with Crippen molar-refractivity contribution in [3.05, 3.63) is 18.2 Å². The number of carboxylic acids is 1. The van der Waals surface area contributed by atoms with E-state index in [0.29, 0.717) is 12.1 Å². The fraction of sp³-hybridized carbons (Fsp3) is 0.562. The number of amides is 3. The van der Waals surface area contributed by atoms with Crippen molar-refractivity contribution in [2.24, 2.45) is 11.7 Å². The fourth-order valence-electron chi connectivity index (χ4n) is 2.23. The number of carboxylic acid groups (broad SMARTS) is 1. The van der Waals surface area contributed by atoms with E-state index in [0.717, 1.165) is 0 Å². The number of imidazole rings is 1. The van der Waals surface area contributed by atoms with Crippen molar-refractivity contribution in [3.8, 4) is 0 Å². The summed E-state index contributed by atoms with van der Waals surface area (Å²) in [5, 5.41) is 15.6. The zero-order valence-corrected chi connectivity index (χ0v) is 15.3. The summed E-state index contributed by atoms with van der Waals surface area (Å²) < 4.78 is 0. The van der Waals surface area contributed by atoms with Crippen LogP contribution in [-0.2, 0) is 25.6 Å². The van der Waals surface area contributed by atoms with Gasteiger partial charge in [0.2, 0.25) is 17.7 Å². The second kappa shape index (κ2) is 10.9. The molecule has 1 rings (SSSR count). The molecule has 27 heavy (non-hydrogen) atoms. The van der Waals surface area contributed by atoms with E-state index in [2.05, 4.69) is 25.9 Å². The standard InChI is InChI=1S/C16H26N6O5/c1-9(2)3-12(16(27)20-6-13(23)19-7-14(24)25)22-15(26)11(17)4-10-5-18-8-21-10/h5,8-9,11-12H,3-4,6-7,17H2,1-2H3,(H,18,21)(H,19,23)(H,20,27)(H,22,26)(H,24,25). The number of H-pyrrole nitrogens is 1. The number of carbonyl (C=O) groups excluding carboxylic acids is 3. The molecule has 0 saturated heterocycles. The summed E-state index contributed by atoms with van der Waals surface area (Å²) >= 11 is 0. The lowest BCUT2D eigenvalue weighted by molar-refractivity contribution is -0.138. The van der Waals surface area contributed by atoms with Gasteiger partial charge in [-0.25, -0.2) is 4.98 Å². The molecular formula is C16H26N6O5. The molecule has 1 aromatic heterocycles. The summed E-state index contributed by atoms with van der Waals surface area (Å²) in [5.41, 5.74) is 6.56. The number of carbonyl (C=O) groups is 4. The van der Waals surface area contributed by atoms with E-state index in [1.165, 1.54) is 6.33 Å². The van der Waals surface area contributed by atoms with Crippen LogP contribution in [0.15, 0.2) is 12.5 Å². The largest absolute Gasteiger partial charge is 0.480 e. The first kappa shape index (κ1) is 22.1. The first-order valence-corrected chi connectivity index (χ1v) is 8.48. The highest BCUT2D eigenvalue weighted by Gasteiger charge is 2.25. The number of nitrogens with one attached hydrogen (secondary N) is 4. The van der Waals surface area contributed by atoms with E-state index < -0.39 is 48.9 Å². The Balaban J connectivity index is 2.57. The molecule has 0 spiro atoms. The third kappa shape index (κ3) is 8.81. The number of aromatic amines is 1. The Labute approximate surface area is 156 Å². The van der Waals surface area contributed by atoms with Crippen LogP contribution in [0.2, 0.25) is 0 Å². The van der Waals surface area contributed by atoms with Gasteiger partial charge >= 0.3 is 5.97 Å². The van der Waals surface area contributed by atoms with Crippen molar-refractivity contribution in [1.82, 2.24) is 25.9 Å². The molecule has 0 aliphatic carbocycles. The van der Waals surface area contributed by atoms with Crippen LogP contribution in [0, 0.1) is 5.92 Å². The van der Waals surface area contributed by atoms with Crippen molar-refractivity contribution < 1.29 is 24.3 Å². The smallest absolute Gasteiger partial charge is 0.322 e. The van der Waals surface area contributed by atoms with Gasteiger partial charge in [0.15, 0.2) is 0 Å². The second-order valence-corrected chi connectivity index (χ2v) is 6.47. The average Bonchev–Trinajstić information content (AvgIpc) is 3.09. The number of aromatic nitrogens is 2. The number of nitrogens with zero attached hydrogens (tertiary/aromatic N) is 1. The highest BCUT2D eigenvalue weighted by molar-refractivity contribution is 5.92. The van der Waals surface area contributed by atoms with Crippen LogP contribution < -0.4 is 21.7 Å². The van der Waals surface area contributed by atoms with Gasteiger partial charge in [-0.15, -0.1) is 0 Å². The number of nitrogens with two attached hydrogens (primary N) is 1. The van der Waals surface area contributed by atoms with Crippen LogP contribution in [0.1, 0.15) is 26.0 Å². The Morgan fingerprint density at radius 3 is 2.44 bits per heavy atom. The Bertz CT molecular complexity index is 646. The maximum Gasteiger partial charge on any atom is 0.322 e. The lowest BCUT2D eigenvalue weighted by Gasteiger charge is -2.22. The zero-order valence-electron chi connectivity index (χ0n) is 15.3. The molecule has 2 unspecified atom stereocenters. The van der Waals surface area contributed by atoms with Gasteiger partial charge in [0.1, 0.15) is 12.6 Å². The molecule has 150 valence electrons. The minimum absolute atomic E-state index is 0.103. The summed E-state index contributed by atoms with van der Waals surface area (Å²) in [5.74, 6) is -2.77. The van der Waals surface area contributed by atoms with Crippen LogP contribution in [-0.4, -0.2) is 63.9 Å². The van der Waals surface area contributed by atoms with Crippen LogP contribution in [0.5, 0.6) is 0 Å². The second-order valence-electron chi connectivity index (χ2n) is 6.47. The van der Waals surface area contributed by atoms with Crippen LogP contribution in [0.25, 0.3) is 0 Å². The monoisotopic (exact) mass is 382 g/mol. The molecule has 1 heterocycles. The summed E-state index contributed by atoms with van der Waals surface area (Å²) in [6.45, 7) is 2.84. The Hall–Kier alpha value is -2.95. The van der Waals surface area contributed by atoms with E-state index in [1.807, 2.05) is 13.8 Å². The SMILES string of the molecule is CC(C)CC(NC(=O)C(N)Cc1cnc[nH]1)C(=O)NCC(=O)NCC(=O)O. The number of rotatable bonds is 11. The quantitative estimate of drug-likeness (QED) is 0.259. The Kier molecular flexibility index (Phi) is 8.93. The average molecular weight is 382 g/mol. The van der Waals surface area contributed by atoms with E-state index in [4.69, 9.17) is 10.8 Å². The molecule has 0 aliphatic heterocycles. The third-order valence-corrected chi connectivity index (χ3v) is 3.53. The maximum absolute atomic E-state index is 12.3. The molecule has 7 N–H and O–H groups in total. The molecule has 1 aromatic rings. The third-order valence-electron chi connectivity index (χ3n) is 3.53. The van der Waals surface area contributed by atoms with Crippen molar-refractivity contribution in [3.63, 3.8) is 0 Å². The molecule has 0 fully saturated rings. The van der Waals surface area contributed by atoms with E-state index >= 15 is 0 Å². The lowest BCUT2D eigenvalue weighted by atomic mass is 10.0. The molecule has 2 atom stereocenters. The highest BCUT2D eigenvalue weighted by Crippen LogP contribution is 2.06. The van der Waals surface area contributed by atoms with Crippen molar-refractivity contribution in [1.29, 1.82) is 0 Å². The van der Waals surface area contributed by atoms with E-state index in [-0.39, 0.29) is 12.3 Å². The number of hydrogen-bond acceptors (Lipinski definition) is 6. The Morgan fingerprint density at radius 2 is 1.89 bits per heavy atom. The van der Waals surface area contributed by atoms with E-state index in [9.17, 15) is 19.2 Å². The first-order valence-electron chi connectivity index (χ1n) is 8.48. The molecule has 0 aliphatic rings. The van der Waals surface area contributed by atoms with Crippen LogP contribution in [0.3, 0.4) is 0 Å². The Morgan fingerprint density at radius 1 is 1.19 bits per heavy atom. The van der Waals surface area contributed by atoms with Gasteiger partial charge in [-0.05, 0) is 12.3 Å². The van der Waals surface area contributed by atoms with Gasteiger partial charge < -0.3 is 31.8 Å². The highest BCUT2D eigenvalue weighted by atomic mass is 16.4. The predicted molar refractivity (Wildman–Crippen MR) is 95.3 cm³/mol. The molecule has 0 radical (unpaired) electrons. The predicted octanol–water partition coefficient (Wildman–Crippen LogP) is -1.87. The molecule has 11 nitrogen and oxygen atoms in total. The normalized spacial score (nSPS) is 12.9. The molecule has 0 bridgehead atoms. The van der Waals surface area contributed by atoms with Crippen molar-refractivity contribution >= 4 is 23.7 Å². The summed E-state index contributed by atoms with van der Waals surface area (Å²) in [7, 11) is 0. The summed E-state index contributed by atoms with van der Waals surface area (Å²) in [6, 6.07) is -1.73. The van der Waals surface area contributed by atoms with Gasteiger partial charge in [-0.2, -0.15) is 0 Å². The van der Waals surface area contributed by atoms with Gasteiger partial charge in [-0.3, -0.25) is 19.2 Å². The van der Waals surface area contributed by atoms with Crippen LogP contribution >= 0.6 is 0 Å². The fourth-order valence-corrected chi connectivity index (χ4v) is 2.23. The van der Waals surface area contributed by atoms with E-state index in [1.54, 1.807) is 6.20 Å². The molecule has 11 heteroatoms. The van der Waals surface area contributed by atoms with Gasteiger partial charge in [0.25, 0.3) is 0 Å². The van der Waals surface area contributed by atoms with Crippen molar-refractivity contribution in [2.45, 2.75) is 38.8 Å². The van der Waals surface area contributed by atoms with Gasteiger partial charge in [-0.1, -0.05) is 13.8 Å². The minimum atomic E-state index is -1.19. The topological polar surface area (TPSA) is 179 Å². The molecule has 0 saturated carbocycles. The molecule has 0 aromatic carbocycles. The summed E-state index contributed by atoms with van der Waals surface area (Å²) in [6.07, 6.45) is 3.62. The van der Waals surface area contributed by atoms with Gasteiger partial charge in [0.05, 0.1) is 18.9 Å². The lowest BCUT2D eigenvalue weighted by Crippen LogP contribution is -2.53. The number of hydrogen-bond donors (Lipinski definition) is 6. The molecular weight excluding hydrogens is 356 g/mol. The van der Waals surface area contributed by atoms with Crippen LogP contribution in [0.4, 0.5) is 0 Å².